The van der Waals surface area contributed by atoms with Gasteiger partial charge in [-0.1, -0.05) is 29.3 Å². The van der Waals surface area contributed by atoms with Crippen molar-refractivity contribution in [2.45, 2.75) is 6.61 Å². The fraction of sp³-hybridized carbons (Fsp3) is 0.0500. The van der Waals surface area contributed by atoms with Gasteiger partial charge in [-0.25, -0.2) is 22.0 Å². The van der Waals surface area contributed by atoms with Gasteiger partial charge in [0.15, 0.2) is 23.3 Å². The topological polar surface area (TPSA) is 33.6 Å². The Morgan fingerprint density at radius 2 is 1.52 bits per heavy atom. The summed E-state index contributed by atoms with van der Waals surface area (Å²) in [6.07, 6.45) is 1.13. The van der Waals surface area contributed by atoms with Crippen LogP contribution >= 0.6 is 39.1 Å². The van der Waals surface area contributed by atoms with Crippen LogP contribution in [0.5, 0.6) is 5.75 Å². The van der Waals surface area contributed by atoms with Crippen molar-refractivity contribution in [1.29, 1.82) is 0 Å². The molecule has 0 atom stereocenters. The Kier molecular flexibility index (Phi) is 7.40. The molecule has 31 heavy (non-hydrogen) atoms. The Labute approximate surface area is 191 Å². The van der Waals surface area contributed by atoms with Crippen LogP contribution in [-0.2, 0) is 6.61 Å². The third-order valence-electron chi connectivity index (χ3n) is 3.93. The molecule has 3 nitrogen and oxygen atoms in total. The Morgan fingerprint density at radius 1 is 0.871 bits per heavy atom. The minimum Gasteiger partial charge on any atom is -0.488 e. The minimum absolute atomic E-state index is 0.213. The zero-order valence-corrected chi connectivity index (χ0v) is 18.2. The monoisotopic (exact) mass is 538 g/mol. The predicted octanol–water partition coefficient (Wildman–Crippen LogP) is 7.48. The number of rotatable bonds is 6. The lowest BCUT2D eigenvalue weighted by molar-refractivity contribution is 0.304. The van der Waals surface area contributed by atoms with E-state index in [0.29, 0.717) is 25.8 Å². The van der Waals surface area contributed by atoms with E-state index in [1.165, 1.54) is 0 Å². The molecule has 3 aromatic rings. The molecular weight excluding hydrogens is 530 g/mol. The first-order chi connectivity index (χ1) is 14.7. The second-order valence-corrected chi connectivity index (χ2v) is 7.71. The number of nitrogens with one attached hydrogen (secondary N) is 1. The van der Waals surface area contributed by atoms with Crippen LogP contribution in [0.15, 0.2) is 46.0 Å². The van der Waals surface area contributed by atoms with E-state index in [4.69, 9.17) is 27.9 Å². The molecular formula is C20H10BrCl2F5N2O. The highest BCUT2D eigenvalue weighted by atomic mass is 79.9. The number of benzene rings is 3. The zero-order valence-electron chi connectivity index (χ0n) is 15.1. The summed E-state index contributed by atoms with van der Waals surface area (Å²) in [5, 5.41) is 4.35. The van der Waals surface area contributed by atoms with Crippen molar-refractivity contribution in [3.05, 3.63) is 91.1 Å². The van der Waals surface area contributed by atoms with Crippen LogP contribution in [0.1, 0.15) is 11.1 Å². The number of anilines is 1. The first-order valence-electron chi connectivity index (χ1n) is 8.35. The lowest BCUT2D eigenvalue weighted by Gasteiger charge is -2.10. The molecule has 1 N–H and O–H groups in total. The molecule has 0 saturated heterocycles. The van der Waals surface area contributed by atoms with Crippen molar-refractivity contribution < 1.29 is 26.7 Å². The van der Waals surface area contributed by atoms with Gasteiger partial charge in [-0.05, 0) is 57.4 Å². The number of hydrogen-bond acceptors (Lipinski definition) is 3. The van der Waals surface area contributed by atoms with Gasteiger partial charge < -0.3 is 4.74 Å². The molecule has 3 rings (SSSR count). The van der Waals surface area contributed by atoms with Crippen LogP contribution in [0, 0.1) is 29.1 Å². The SMILES string of the molecule is Fc1c(F)c(F)c(N/N=C/c2ccc(OCc3ccc(Cl)c(Cl)c3)c(Br)c2)c(F)c1F. The maximum Gasteiger partial charge on any atom is 0.200 e. The van der Waals surface area contributed by atoms with Crippen LogP contribution in [0.4, 0.5) is 27.6 Å². The summed E-state index contributed by atoms with van der Waals surface area (Å²) in [6.45, 7) is 0.213. The van der Waals surface area contributed by atoms with Crippen LogP contribution in [0.2, 0.25) is 10.0 Å². The molecule has 0 bridgehead atoms. The van der Waals surface area contributed by atoms with Crippen LogP contribution in [0.3, 0.4) is 0 Å². The van der Waals surface area contributed by atoms with Gasteiger partial charge in [-0.3, -0.25) is 5.43 Å². The summed E-state index contributed by atoms with van der Waals surface area (Å²) in [7, 11) is 0. The lowest BCUT2D eigenvalue weighted by Crippen LogP contribution is -2.06. The average molecular weight is 540 g/mol. The maximum atomic E-state index is 13.6. The number of halogens is 8. The van der Waals surface area contributed by atoms with E-state index >= 15 is 0 Å². The molecule has 0 amide bonds. The van der Waals surface area contributed by atoms with E-state index in [2.05, 4.69) is 21.0 Å². The Morgan fingerprint density at radius 3 is 2.13 bits per heavy atom. The second kappa shape index (κ2) is 9.84. The molecule has 3 aromatic carbocycles. The third kappa shape index (κ3) is 5.28. The van der Waals surface area contributed by atoms with Gasteiger partial charge in [0, 0.05) is 0 Å². The van der Waals surface area contributed by atoms with Crippen molar-refractivity contribution >= 4 is 51.0 Å². The standard InChI is InChI=1S/C20H10BrCl2F5N2O/c21-11-5-9(2-4-14(11)31-8-10-1-3-12(22)13(23)6-10)7-29-30-20-18(27)16(25)15(24)17(26)19(20)28/h1-7,30H,8H2/b29-7+. The van der Waals surface area contributed by atoms with E-state index in [9.17, 15) is 22.0 Å². The Bertz CT molecular complexity index is 1150. The van der Waals surface area contributed by atoms with Gasteiger partial charge in [0.05, 0.1) is 20.7 Å². The van der Waals surface area contributed by atoms with Gasteiger partial charge in [-0.2, -0.15) is 5.10 Å². The van der Waals surface area contributed by atoms with E-state index in [1.807, 2.05) is 5.43 Å². The van der Waals surface area contributed by atoms with Crippen molar-refractivity contribution in [2.24, 2.45) is 5.10 Å². The number of nitrogens with zero attached hydrogens (tertiary/aromatic N) is 1. The quantitative estimate of drug-likeness (QED) is 0.116. The molecule has 0 aliphatic rings. The second-order valence-electron chi connectivity index (χ2n) is 6.04. The summed E-state index contributed by atoms with van der Waals surface area (Å²) in [6, 6.07) is 9.82. The van der Waals surface area contributed by atoms with E-state index in [-0.39, 0.29) is 6.61 Å². The molecule has 0 saturated carbocycles. The molecule has 0 aliphatic carbocycles. The fourth-order valence-electron chi connectivity index (χ4n) is 2.38. The van der Waals surface area contributed by atoms with Gasteiger partial charge in [0.2, 0.25) is 5.82 Å². The summed E-state index contributed by atoms with van der Waals surface area (Å²) in [5.41, 5.74) is 1.82. The minimum atomic E-state index is -2.25. The first-order valence-corrected chi connectivity index (χ1v) is 9.90. The van der Waals surface area contributed by atoms with Gasteiger partial charge >= 0.3 is 0 Å². The summed E-state index contributed by atoms with van der Waals surface area (Å²) in [5.74, 6) is -9.92. The van der Waals surface area contributed by atoms with Crippen molar-refractivity contribution in [3.8, 4) is 5.75 Å². The number of hydrazone groups is 1. The zero-order chi connectivity index (χ0) is 22.7. The Balaban J connectivity index is 1.69. The molecule has 11 heteroatoms. The molecule has 0 radical (unpaired) electrons. The average Bonchev–Trinajstić information content (AvgIpc) is 2.75. The summed E-state index contributed by atoms with van der Waals surface area (Å²) in [4.78, 5) is 0. The van der Waals surface area contributed by atoms with Crippen LogP contribution in [0.25, 0.3) is 0 Å². The third-order valence-corrected chi connectivity index (χ3v) is 5.29. The van der Waals surface area contributed by atoms with Gasteiger partial charge in [0.1, 0.15) is 18.0 Å². The van der Waals surface area contributed by atoms with Gasteiger partial charge in [-0.15, -0.1) is 0 Å². The van der Waals surface area contributed by atoms with Crippen molar-refractivity contribution in [2.75, 3.05) is 5.43 Å². The maximum absolute atomic E-state index is 13.6. The number of ether oxygens (including phenoxy) is 1. The summed E-state index contributed by atoms with van der Waals surface area (Å²) < 4.78 is 72.9. The molecule has 0 spiro atoms. The highest BCUT2D eigenvalue weighted by molar-refractivity contribution is 9.10. The largest absolute Gasteiger partial charge is 0.488 e. The van der Waals surface area contributed by atoms with E-state index in [1.54, 1.807) is 36.4 Å². The predicted molar refractivity (Wildman–Crippen MR) is 112 cm³/mol. The highest BCUT2D eigenvalue weighted by Gasteiger charge is 2.25. The molecule has 0 fully saturated rings. The molecule has 0 aromatic heterocycles. The van der Waals surface area contributed by atoms with Gasteiger partial charge in [0.25, 0.3) is 0 Å². The van der Waals surface area contributed by atoms with Crippen molar-refractivity contribution in [1.82, 2.24) is 0 Å². The Hall–Kier alpha value is -2.36. The molecule has 0 aliphatic heterocycles. The first kappa shape index (κ1) is 23.3. The van der Waals surface area contributed by atoms with Crippen LogP contribution in [-0.4, -0.2) is 6.21 Å². The van der Waals surface area contributed by atoms with Crippen molar-refractivity contribution in [3.63, 3.8) is 0 Å². The molecule has 162 valence electrons. The van der Waals surface area contributed by atoms with E-state index < -0.39 is 34.8 Å². The van der Waals surface area contributed by atoms with E-state index in [0.717, 1.165) is 11.8 Å². The summed E-state index contributed by atoms with van der Waals surface area (Å²) >= 11 is 15.1. The number of hydrogen-bond donors (Lipinski definition) is 1. The normalized spacial score (nSPS) is 11.2. The fourth-order valence-corrected chi connectivity index (χ4v) is 3.21. The lowest BCUT2D eigenvalue weighted by atomic mass is 10.2. The smallest absolute Gasteiger partial charge is 0.200 e. The highest BCUT2D eigenvalue weighted by Crippen LogP contribution is 2.29. The molecule has 0 heterocycles. The molecule has 0 unspecified atom stereocenters. The van der Waals surface area contributed by atoms with Crippen LogP contribution < -0.4 is 10.2 Å².